The molecule has 0 saturated heterocycles. The van der Waals surface area contributed by atoms with Crippen molar-refractivity contribution in [3.63, 3.8) is 0 Å². The molecule has 0 atom stereocenters. The molecule has 0 unspecified atom stereocenters. The SMILES string of the molecule is c1ccc(-c2ccc(N(c3ccc(-c4ccc5ccc6cccc7ccc4c5c67)cc3)c3ccccc3-c3ccccc3)cc2)cc1. The van der Waals surface area contributed by atoms with E-state index < -0.39 is 0 Å². The van der Waals surface area contributed by atoms with Gasteiger partial charge in [-0.1, -0.05) is 158 Å². The molecule has 1 heteroatoms. The van der Waals surface area contributed by atoms with Gasteiger partial charge in [0.25, 0.3) is 0 Å². The van der Waals surface area contributed by atoms with E-state index >= 15 is 0 Å². The fraction of sp³-hybridized carbons (Fsp3) is 0. The van der Waals surface area contributed by atoms with E-state index in [2.05, 4.69) is 193 Å². The molecule has 0 spiro atoms. The molecule has 0 N–H and O–H groups in total. The number of anilines is 3. The maximum Gasteiger partial charge on any atom is 0.0540 e. The zero-order chi connectivity index (χ0) is 31.2. The van der Waals surface area contributed by atoms with Gasteiger partial charge in [0, 0.05) is 16.9 Å². The Bertz CT molecular complexity index is 2460. The zero-order valence-corrected chi connectivity index (χ0v) is 25.8. The number of hydrogen-bond acceptors (Lipinski definition) is 1. The quantitative estimate of drug-likeness (QED) is 0.172. The van der Waals surface area contributed by atoms with E-state index in [-0.39, 0.29) is 0 Å². The molecule has 220 valence electrons. The lowest BCUT2D eigenvalue weighted by Crippen LogP contribution is -2.11. The highest BCUT2D eigenvalue weighted by molar-refractivity contribution is 6.25. The molecule has 9 aromatic carbocycles. The Morgan fingerprint density at radius 1 is 0.277 bits per heavy atom. The van der Waals surface area contributed by atoms with Crippen molar-refractivity contribution >= 4 is 49.4 Å². The van der Waals surface area contributed by atoms with Gasteiger partial charge in [-0.15, -0.1) is 0 Å². The minimum atomic E-state index is 1.11. The highest BCUT2D eigenvalue weighted by Crippen LogP contribution is 2.43. The Morgan fingerprint density at radius 2 is 0.766 bits per heavy atom. The fourth-order valence-electron chi connectivity index (χ4n) is 7.17. The lowest BCUT2D eigenvalue weighted by Gasteiger charge is -2.28. The van der Waals surface area contributed by atoms with Gasteiger partial charge in [-0.05, 0) is 90.5 Å². The van der Waals surface area contributed by atoms with Gasteiger partial charge in [0.15, 0.2) is 0 Å². The van der Waals surface area contributed by atoms with Gasteiger partial charge in [0.05, 0.1) is 5.69 Å². The summed E-state index contributed by atoms with van der Waals surface area (Å²) in [6.45, 7) is 0. The molecule has 0 aliphatic heterocycles. The van der Waals surface area contributed by atoms with Crippen molar-refractivity contribution in [2.24, 2.45) is 0 Å². The summed E-state index contributed by atoms with van der Waals surface area (Å²) < 4.78 is 0. The van der Waals surface area contributed by atoms with Gasteiger partial charge in [0.2, 0.25) is 0 Å². The standard InChI is InChI=1S/C46H31N/c1-3-10-32(11-4-1)33-20-26-39(27-21-33)47(44-17-8-7-16-42(44)34-12-5-2-6-13-34)40-28-22-35(23-29-40)41-30-24-38-19-18-36-14-9-15-37-25-31-43(41)46(38)45(36)37/h1-31H. The maximum absolute atomic E-state index is 2.38. The van der Waals surface area contributed by atoms with E-state index in [1.54, 1.807) is 0 Å². The van der Waals surface area contributed by atoms with Crippen LogP contribution in [-0.4, -0.2) is 0 Å². The summed E-state index contributed by atoms with van der Waals surface area (Å²) in [6, 6.07) is 68.1. The lowest BCUT2D eigenvalue weighted by atomic mass is 9.90. The first-order valence-electron chi connectivity index (χ1n) is 16.2. The first kappa shape index (κ1) is 27.2. The van der Waals surface area contributed by atoms with Gasteiger partial charge in [-0.25, -0.2) is 0 Å². The molecular weight excluding hydrogens is 567 g/mol. The van der Waals surface area contributed by atoms with E-state index in [0.29, 0.717) is 0 Å². The maximum atomic E-state index is 2.38. The number of para-hydroxylation sites is 1. The number of benzene rings is 9. The van der Waals surface area contributed by atoms with E-state index in [9.17, 15) is 0 Å². The van der Waals surface area contributed by atoms with Crippen LogP contribution in [0.4, 0.5) is 17.1 Å². The summed E-state index contributed by atoms with van der Waals surface area (Å²) in [5.74, 6) is 0. The normalized spacial score (nSPS) is 11.4. The van der Waals surface area contributed by atoms with Crippen LogP contribution in [-0.2, 0) is 0 Å². The van der Waals surface area contributed by atoms with Crippen LogP contribution in [0.15, 0.2) is 188 Å². The number of rotatable bonds is 6. The molecule has 0 fully saturated rings. The summed E-state index contributed by atoms with van der Waals surface area (Å²) in [6.07, 6.45) is 0. The Labute approximate surface area is 275 Å². The number of hydrogen-bond donors (Lipinski definition) is 0. The molecule has 0 aliphatic carbocycles. The van der Waals surface area contributed by atoms with E-state index in [1.807, 2.05) is 0 Å². The minimum absolute atomic E-state index is 1.11. The molecule has 9 rings (SSSR count). The molecule has 0 amide bonds. The molecule has 0 aromatic heterocycles. The summed E-state index contributed by atoms with van der Waals surface area (Å²) in [5, 5.41) is 7.86. The topological polar surface area (TPSA) is 3.24 Å². The molecule has 0 saturated carbocycles. The highest BCUT2D eigenvalue weighted by Gasteiger charge is 2.18. The third-order valence-corrected chi connectivity index (χ3v) is 9.43. The summed E-state index contributed by atoms with van der Waals surface area (Å²) in [5.41, 5.74) is 10.6. The van der Waals surface area contributed by atoms with Crippen molar-refractivity contribution in [1.29, 1.82) is 0 Å². The smallest absolute Gasteiger partial charge is 0.0540 e. The Balaban J connectivity index is 1.18. The summed E-state index contributed by atoms with van der Waals surface area (Å²) in [4.78, 5) is 2.38. The van der Waals surface area contributed by atoms with Crippen molar-refractivity contribution < 1.29 is 0 Å². The Morgan fingerprint density at radius 3 is 1.45 bits per heavy atom. The van der Waals surface area contributed by atoms with Crippen LogP contribution < -0.4 is 4.90 Å². The van der Waals surface area contributed by atoms with Gasteiger partial charge in [0.1, 0.15) is 0 Å². The molecule has 0 radical (unpaired) electrons. The third-order valence-electron chi connectivity index (χ3n) is 9.43. The molecule has 9 aromatic rings. The molecule has 0 aliphatic rings. The average molecular weight is 598 g/mol. The summed E-state index contributed by atoms with van der Waals surface area (Å²) in [7, 11) is 0. The first-order valence-corrected chi connectivity index (χ1v) is 16.2. The number of nitrogens with zero attached hydrogens (tertiary/aromatic N) is 1. The van der Waals surface area contributed by atoms with Crippen LogP contribution in [0.5, 0.6) is 0 Å². The highest BCUT2D eigenvalue weighted by atomic mass is 15.1. The van der Waals surface area contributed by atoms with Gasteiger partial charge in [-0.2, -0.15) is 0 Å². The molecule has 47 heavy (non-hydrogen) atoms. The van der Waals surface area contributed by atoms with Crippen LogP contribution >= 0.6 is 0 Å². The van der Waals surface area contributed by atoms with Crippen LogP contribution in [0.2, 0.25) is 0 Å². The van der Waals surface area contributed by atoms with Crippen LogP contribution in [0, 0.1) is 0 Å². The second-order valence-electron chi connectivity index (χ2n) is 12.1. The van der Waals surface area contributed by atoms with E-state index in [0.717, 1.165) is 17.1 Å². The Hall–Kier alpha value is -6.18. The predicted octanol–water partition coefficient (Wildman–Crippen LogP) is 13.1. The Kier molecular flexibility index (Phi) is 6.54. The fourth-order valence-corrected chi connectivity index (χ4v) is 7.17. The van der Waals surface area contributed by atoms with Crippen LogP contribution in [0.1, 0.15) is 0 Å². The third kappa shape index (κ3) is 4.72. The monoisotopic (exact) mass is 597 g/mol. The second-order valence-corrected chi connectivity index (χ2v) is 12.1. The van der Waals surface area contributed by atoms with Crippen molar-refractivity contribution in [1.82, 2.24) is 0 Å². The van der Waals surface area contributed by atoms with Crippen molar-refractivity contribution in [3.05, 3.63) is 188 Å². The molecule has 0 heterocycles. The minimum Gasteiger partial charge on any atom is -0.310 e. The van der Waals surface area contributed by atoms with Crippen molar-refractivity contribution in [2.75, 3.05) is 4.90 Å². The molecular formula is C46H31N. The van der Waals surface area contributed by atoms with Crippen LogP contribution in [0.25, 0.3) is 65.7 Å². The predicted molar refractivity (Wildman–Crippen MR) is 201 cm³/mol. The van der Waals surface area contributed by atoms with Crippen LogP contribution in [0.3, 0.4) is 0 Å². The van der Waals surface area contributed by atoms with Gasteiger partial charge in [-0.3, -0.25) is 0 Å². The van der Waals surface area contributed by atoms with E-state index in [1.165, 1.54) is 65.7 Å². The van der Waals surface area contributed by atoms with Gasteiger partial charge >= 0.3 is 0 Å². The van der Waals surface area contributed by atoms with Gasteiger partial charge < -0.3 is 4.90 Å². The van der Waals surface area contributed by atoms with Crippen molar-refractivity contribution in [2.45, 2.75) is 0 Å². The first-order chi connectivity index (χ1) is 23.3. The lowest BCUT2D eigenvalue weighted by molar-refractivity contribution is 1.28. The summed E-state index contributed by atoms with van der Waals surface area (Å²) >= 11 is 0. The molecule has 0 bridgehead atoms. The van der Waals surface area contributed by atoms with Crippen molar-refractivity contribution in [3.8, 4) is 33.4 Å². The average Bonchev–Trinajstić information content (AvgIpc) is 3.15. The largest absolute Gasteiger partial charge is 0.310 e. The second kappa shape index (κ2) is 11.3. The zero-order valence-electron chi connectivity index (χ0n) is 25.8. The van der Waals surface area contributed by atoms with E-state index in [4.69, 9.17) is 0 Å². The molecule has 1 nitrogen and oxygen atoms in total.